The average Bonchev–Trinajstić information content (AvgIpc) is 2.98. The summed E-state index contributed by atoms with van der Waals surface area (Å²) >= 11 is 0. The van der Waals surface area contributed by atoms with Crippen molar-refractivity contribution < 1.29 is 17.6 Å². The summed E-state index contributed by atoms with van der Waals surface area (Å²) in [6, 6.07) is 11.4. The Hall–Kier alpha value is -2.67. The zero-order valence-electron chi connectivity index (χ0n) is 15.2. The zero-order chi connectivity index (χ0) is 19.6. The first kappa shape index (κ1) is 19.1. The second-order valence-corrected chi connectivity index (χ2v) is 8.56. The molecule has 1 aliphatic rings. The highest BCUT2D eigenvalue weighted by molar-refractivity contribution is 7.93. The van der Waals surface area contributed by atoms with E-state index in [1.807, 2.05) is 6.92 Å². The molecule has 5 nitrogen and oxygen atoms in total. The number of carbonyl (C=O) groups is 1. The predicted molar refractivity (Wildman–Crippen MR) is 106 cm³/mol. The molecule has 3 rings (SSSR count). The van der Waals surface area contributed by atoms with E-state index in [0.717, 1.165) is 5.56 Å². The van der Waals surface area contributed by atoms with Gasteiger partial charge in [-0.25, -0.2) is 12.8 Å². The summed E-state index contributed by atoms with van der Waals surface area (Å²) in [6.07, 6.45) is 2.07. The molecule has 1 N–H and O–H groups in total. The van der Waals surface area contributed by atoms with Crippen LogP contribution in [0.5, 0.6) is 0 Å². The maximum absolute atomic E-state index is 13.8. The molecule has 7 heteroatoms. The highest BCUT2D eigenvalue weighted by Gasteiger charge is 2.28. The minimum Gasteiger partial charge on any atom is -0.322 e. The minimum atomic E-state index is -3.29. The summed E-state index contributed by atoms with van der Waals surface area (Å²) in [5.74, 6) is -0.641. The molecular weight excluding hydrogens is 367 g/mol. The summed E-state index contributed by atoms with van der Waals surface area (Å²) in [7, 11) is -3.29. The van der Waals surface area contributed by atoms with E-state index in [9.17, 15) is 17.6 Å². The lowest BCUT2D eigenvalue weighted by Crippen LogP contribution is -2.25. The fourth-order valence-electron chi connectivity index (χ4n) is 2.94. The normalized spacial score (nSPS) is 16.4. The van der Waals surface area contributed by atoms with Crippen LogP contribution in [0.25, 0.3) is 6.08 Å². The lowest BCUT2D eigenvalue weighted by atomic mass is 10.1. The number of rotatable bonds is 4. The first-order valence-corrected chi connectivity index (χ1v) is 10.2. The van der Waals surface area contributed by atoms with Crippen LogP contribution in [0.3, 0.4) is 0 Å². The van der Waals surface area contributed by atoms with Crippen LogP contribution in [0.15, 0.2) is 48.0 Å². The Labute approximate surface area is 158 Å². The molecule has 1 aliphatic heterocycles. The van der Waals surface area contributed by atoms with Gasteiger partial charge in [-0.1, -0.05) is 24.3 Å². The first-order chi connectivity index (χ1) is 12.8. The van der Waals surface area contributed by atoms with Crippen LogP contribution < -0.4 is 9.62 Å². The Morgan fingerprint density at radius 2 is 1.96 bits per heavy atom. The third-order valence-electron chi connectivity index (χ3n) is 4.49. The number of amides is 1. The average molecular weight is 388 g/mol. The summed E-state index contributed by atoms with van der Waals surface area (Å²) in [6.45, 7) is 3.87. The molecule has 0 unspecified atom stereocenters. The maximum Gasteiger partial charge on any atom is 0.251 e. The number of halogens is 1. The summed E-state index contributed by atoms with van der Waals surface area (Å²) in [5.41, 5.74) is 2.55. The number of benzene rings is 2. The van der Waals surface area contributed by atoms with Crippen LogP contribution in [-0.2, 0) is 14.8 Å². The number of aryl methyl sites for hydroxylation is 1. The number of nitrogens with zero attached hydrogens (tertiary/aromatic N) is 1. The molecule has 27 heavy (non-hydrogen) atoms. The van der Waals surface area contributed by atoms with E-state index in [0.29, 0.717) is 35.5 Å². The van der Waals surface area contributed by atoms with Crippen LogP contribution in [0.2, 0.25) is 0 Å². The number of sulfonamides is 1. The lowest BCUT2D eigenvalue weighted by molar-refractivity contribution is -0.112. The molecule has 0 saturated carbocycles. The monoisotopic (exact) mass is 388 g/mol. The van der Waals surface area contributed by atoms with Crippen molar-refractivity contribution in [2.45, 2.75) is 20.3 Å². The predicted octanol–water partition coefficient (Wildman–Crippen LogP) is 3.72. The molecule has 1 heterocycles. The molecule has 0 aliphatic carbocycles. The van der Waals surface area contributed by atoms with Gasteiger partial charge in [-0.15, -0.1) is 0 Å². The fraction of sp³-hybridized carbons (Fsp3) is 0.250. The van der Waals surface area contributed by atoms with Crippen molar-refractivity contribution in [1.82, 2.24) is 0 Å². The van der Waals surface area contributed by atoms with E-state index < -0.39 is 15.8 Å². The van der Waals surface area contributed by atoms with E-state index in [1.165, 1.54) is 16.4 Å². The Balaban J connectivity index is 1.84. The van der Waals surface area contributed by atoms with Gasteiger partial charge in [-0.2, -0.15) is 0 Å². The molecular formula is C20H21FN2O3S. The van der Waals surface area contributed by atoms with Crippen molar-refractivity contribution in [1.29, 1.82) is 0 Å². The minimum absolute atomic E-state index is 0.132. The second-order valence-electron chi connectivity index (χ2n) is 6.54. The zero-order valence-corrected chi connectivity index (χ0v) is 16.0. The quantitative estimate of drug-likeness (QED) is 0.812. The van der Waals surface area contributed by atoms with Crippen molar-refractivity contribution in [2.75, 3.05) is 21.9 Å². The van der Waals surface area contributed by atoms with E-state index in [4.69, 9.17) is 0 Å². The number of nitrogens with one attached hydrogen (secondary N) is 1. The summed E-state index contributed by atoms with van der Waals surface area (Å²) in [5, 5.41) is 2.79. The highest BCUT2D eigenvalue weighted by Crippen LogP contribution is 2.28. The SMILES string of the molecule is C/C(=C\c1ccccc1F)C(=O)Nc1cc(N2CCCS2(=O)=O)ccc1C. The van der Waals surface area contributed by atoms with Crippen LogP contribution in [-0.4, -0.2) is 26.6 Å². The Kier molecular flexibility index (Phi) is 5.32. The van der Waals surface area contributed by atoms with Crippen LogP contribution in [0, 0.1) is 12.7 Å². The van der Waals surface area contributed by atoms with E-state index >= 15 is 0 Å². The van der Waals surface area contributed by atoms with Gasteiger partial charge < -0.3 is 5.32 Å². The molecule has 1 fully saturated rings. The third-order valence-corrected chi connectivity index (χ3v) is 6.36. The van der Waals surface area contributed by atoms with Crippen molar-refractivity contribution in [3.63, 3.8) is 0 Å². The molecule has 142 valence electrons. The molecule has 1 saturated heterocycles. The number of hydrogen-bond donors (Lipinski definition) is 1. The van der Waals surface area contributed by atoms with Crippen molar-refractivity contribution >= 4 is 33.4 Å². The van der Waals surface area contributed by atoms with Crippen molar-refractivity contribution in [3.05, 3.63) is 65.0 Å². The topological polar surface area (TPSA) is 66.5 Å². The van der Waals surface area contributed by atoms with Gasteiger partial charge >= 0.3 is 0 Å². The molecule has 1 amide bonds. The molecule has 2 aromatic carbocycles. The molecule has 0 bridgehead atoms. The molecule has 0 radical (unpaired) electrons. The Bertz CT molecular complexity index is 1020. The Morgan fingerprint density at radius 3 is 2.63 bits per heavy atom. The Morgan fingerprint density at radius 1 is 1.22 bits per heavy atom. The number of carbonyl (C=O) groups excluding carboxylic acids is 1. The van der Waals surface area contributed by atoms with E-state index in [-0.39, 0.29) is 11.7 Å². The van der Waals surface area contributed by atoms with Gasteiger partial charge in [0.1, 0.15) is 5.82 Å². The standard InChI is InChI=1S/C20H21FN2O3S/c1-14-8-9-17(23-10-5-11-27(23,25)26)13-19(14)22-20(24)15(2)12-16-6-3-4-7-18(16)21/h3-4,6-9,12-13H,5,10-11H2,1-2H3,(H,22,24)/b15-12+. The van der Waals surface area contributed by atoms with Crippen molar-refractivity contribution in [3.8, 4) is 0 Å². The molecule has 0 atom stereocenters. The maximum atomic E-state index is 13.8. The van der Waals surface area contributed by atoms with Crippen LogP contribution in [0.4, 0.5) is 15.8 Å². The third kappa shape index (κ3) is 4.19. The van der Waals surface area contributed by atoms with E-state index in [2.05, 4.69) is 5.32 Å². The van der Waals surface area contributed by atoms with Gasteiger partial charge in [-0.05, 0) is 50.1 Å². The van der Waals surface area contributed by atoms with Gasteiger partial charge in [0.15, 0.2) is 0 Å². The molecule has 2 aromatic rings. The van der Waals surface area contributed by atoms with Gasteiger partial charge in [0, 0.05) is 23.4 Å². The number of hydrogen-bond acceptors (Lipinski definition) is 3. The lowest BCUT2D eigenvalue weighted by Gasteiger charge is -2.19. The largest absolute Gasteiger partial charge is 0.322 e. The molecule has 0 aromatic heterocycles. The van der Waals surface area contributed by atoms with Gasteiger partial charge in [0.25, 0.3) is 5.91 Å². The fourth-order valence-corrected chi connectivity index (χ4v) is 4.50. The smallest absolute Gasteiger partial charge is 0.251 e. The highest BCUT2D eigenvalue weighted by atomic mass is 32.2. The van der Waals surface area contributed by atoms with Gasteiger partial charge in [0.2, 0.25) is 10.0 Å². The second kappa shape index (κ2) is 7.52. The van der Waals surface area contributed by atoms with Gasteiger partial charge in [-0.3, -0.25) is 9.10 Å². The summed E-state index contributed by atoms with van der Waals surface area (Å²) < 4.78 is 39.4. The number of anilines is 2. The van der Waals surface area contributed by atoms with Gasteiger partial charge in [0.05, 0.1) is 11.4 Å². The van der Waals surface area contributed by atoms with Crippen molar-refractivity contribution in [2.24, 2.45) is 0 Å². The summed E-state index contributed by atoms with van der Waals surface area (Å²) in [4.78, 5) is 12.5. The van der Waals surface area contributed by atoms with E-state index in [1.54, 1.807) is 43.3 Å². The van der Waals surface area contributed by atoms with Crippen LogP contribution in [0.1, 0.15) is 24.5 Å². The molecule has 0 spiro atoms. The first-order valence-electron chi connectivity index (χ1n) is 8.63. The van der Waals surface area contributed by atoms with Crippen LogP contribution >= 0.6 is 0 Å².